The van der Waals surface area contributed by atoms with Crippen LogP contribution in [0.2, 0.25) is 0 Å². The minimum Gasteiger partial charge on any atom is -0.372 e. The summed E-state index contributed by atoms with van der Waals surface area (Å²) in [5.74, 6) is 0. The topological polar surface area (TPSA) is 28.2 Å². The van der Waals surface area contributed by atoms with Gasteiger partial charge >= 0.3 is 0 Å². The van der Waals surface area contributed by atoms with Crippen LogP contribution in [0.15, 0.2) is 60.7 Å². The number of hydrogen-bond donors (Lipinski definition) is 0. The summed E-state index contributed by atoms with van der Waals surface area (Å²) in [4.78, 5) is 5.03. The summed E-state index contributed by atoms with van der Waals surface area (Å²) in [5.41, 5.74) is 2.43. The van der Waals surface area contributed by atoms with Gasteiger partial charge in [-0.25, -0.2) is 0 Å². The molecule has 0 saturated carbocycles. The van der Waals surface area contributed by atoms with Crippen molar-refractivity contribution in [2.45, 2.75) is 12.2 Å². The van der Waals surface area contributed by atoms with Crippen molar-refractivity contribution in [1.82, 2.24) is 9.80 Å². The first-order valence-electron chi connectivity index (χ1n) is 9.66. The van der Waals surface area contributed by atoms with E-state index in [-0.39, 0.29) is 6.10 Å². The molecule has 2 heterocycles. The van der Waals surface area contributed by atoms with Crippen molar-refractivity contribution in [3.8, 4) is 0 Å². The third kappa shape index (κ3) is 4.92. The molecule has 2 aromatic carbocycles. The Hall–Kier alpha value is -1.72. The highest BCUT2D eigenvalue weighted by atomic mass is 16.6. The van der Waals surface area contributed by atoms with Crippen LogP contribution in [0.5, 0.6) is 0 Å². The summed E-state index contributed by atoms with van der Waals surface area (Å²) in [5, 5.41) is 0. The van der Waals surface area contributed by atoms with Gasteiger partial charge in [0.1, 0.15) is 6.10 Å². The Morgan fingerprint density at radius 2 is 1.38 bits per heavy atom. The van der Waals surface area contributed by atoms with Crippen molar-refractivity contribution >= 4 is 0 Å². The van der Waals surface area contributed by atoms with Gasteiger partial charge in [-0.3, -0.25) is 9.80 Å². The Balaban J connectivity index is 1.28. The van der Waals surface area contributed by atoms with Crippen LogP contribution in [0.1, 0.15) is 17.2 Å². The number of piperazine rings is 1. The van der Waals surface area contributed by atoms with Crippen LogP contribution in [0.3, 0.4) is 0 Å². The van der Waals surface area contributed by atoms with E-state index >= 15 is 0 Å². The normalized spacial score (nSPS) is 21.2. The van der Waals surface area contributed by atoms with E-state index in [4.69, 9.17) is 9.47 Å². The molecule has 4 heteroatoms. The highest BCUT2D eigenvalue weighted by Crippen LogP contribution is 2.25. The van der Waals surface area contributed by atoms with E-state index in [1.807, 2.05) is 0 Å². The fourth-order valence-electron chi connectivity index (χ4n) is 3.60. The van der Waals surface area contributed by atoms with E-state index in [2.05, 4.69) is 70.5 Å². The monoisotopic (exact) mass is 352 g/mol. The molecule has 138 valence electrons. The summed E-state index contributed by atoms with van der Waals surface area (Å²) in [6, 6.07) is 21.0. The highest BCUT2D eigenvalue weighted by molar-refractivity contribution is 5.29. The molecule has 0 N–H and O–H groups in total. The average Bonchev–Trinajstić information content (AvgIpc) is 3.52. The zero-order valence-corrected chi connectivity index (χ0v) is 15.3. The summed E-state index contributed by atoms with van der Waals surface area (Å²) in [6.07, 6.45) is 0.507. The lowest BCUT2D eigenvalue weighted by atomic mass is 10.0. The Morgan fingerprint density at radius 1 is 0.846 bits per heavy atom. The molecule has 0 bridgehead atoms. The maximum atomic E-state index is 6.34. The zero-order chi connectivity index (χ0) is 17.6. The van der Waals surface area contributed by atoms with Crippen LogP contribution < -0.4 is 0 Å². The molecular formula is C22H28N2O2. The quantitative estimate of drug-likeness (QED) is 0.683. The minimum absolute atomic E-state index is 0.00528. The molecule has 0 radical (unpaired) electrons. The van der Waals surface area contributed by atoms with Crippen molar-refractivity contribution in [3.63, 3.8) is 0 Å². The van der Waals surface area contributed by atoms with Gasteiger partial charge in [-0.2, -0.15) is 0 Å². The minimum atomic E-state index is 0.00528. The lowest BCUT2D eigenvalue weighted by Gasteiger charge is -2.34. The molecule has 0 amide bonds. The fourth-order valence-corrected chi connectivity index (χ4v) is 3.60. The van der Waals surface area contributed by atoms with E-state index in [0.717, 1.165) is 52.5 Å². The number of benzene rings is 2. The third-order valence-corrected chi connectivity index (χ3v) is 5.23. The molecular weight excluding hydrogens is 324 g/mol. The third-order valence-electron chi connectivity index (χ3n) is 5.23. The van der Waals surface area contributed by atoms with Gasteiger partial charge < -0.3 is 9.47 Å². The van der Waals surface area contributed by atoms with Crippen LogP contribution in [-0.2, 0) is 9.47 Å². The van der Waals surface area contributed by atoms with E-state index in [0.29, 0.717) is 6.10 Å². The number of ether oxygens (including phenoxy) is 2. The molecule has 2 aliphatic rings. The van der Waals surface area contributed by atoms with Gasteiger partial charge in [-0.05, 0) is 11.1 Å². The first-order chi connectivity index (χ1) is 12.9. The van der Waals surface area contributed by atoms with Crippen LogP contribution in [0.25, 0.3) is 0 Å². The predicted molar refractivity (Wildman–Crippen MR) is 103 cm³/mol. The molecule has 0 aromatic heterocycles. The predicted octanol–water partition coefficient (Wildman–Crippen LogP) is 2.81. The fraction of sp³-hybridized carbons (Fsp3) is 0.455. The number of nitrogens with zero attached hydrogens (tertiary/aromatic N) is 2. The van der Waals surface area contributed by atoms with Gasteiger partial charge in [-0.15, -0.1) is 0 Å². The first-order valence-corrected chi connectivity index (χ1v) is 9.66. The molecule has 2 fully saturated rings. The maximum Gasteiger partial charge on any atom is 0.108 e. The largest absolute Gasteiger partial charge is 0.372 e. The Kier molecular flexibility index (Phi) is 5.97. The number of rotatable bonds is 8. The second-order valence-electron chi connectivity index (χ2n) is 7.17. The molecule has 2 aliphatic heterocycles. The van der Waals surface area contributed by atoms with Crippen molar-refractivity contribution in [1.29, 1.82) is 0 Å². The lowest BCUT2D eigenvalue weighted by molar-refractivity contribution is 0.0444. The van der Waals surface area contributed by atoms with E-state index < -0.39 is 0 Å². The molecule has 4 nitrogen and oxygen atoms in total. The van der Waals surface area contributed by atoms with E-state index in [1.165, 1.54) is 11.1 Å². The summed E-state index contributed by atoms with van der Waals surface area (Å²) in [6.45, 7) is 8.32. The maximum absolute atomic E-state index is 6.34. The Labute approximate surface area is 156 Å². The molecule has 1 atom stereocenters. The number of epoxide rings is 1. The summed E-state index contributed by atoms with van der Waals surface area (Å²) >= 11 is 0. The van der Waals surface area contributed by atoms with Gasteiger partial charge in [0.25, 0.3) is 0 Å². The Morgan fingerprint density at radius 3 is 1.92 bits per heavy atom. The molecule has 0 aliphatic carbocycles. The molecule has 2 aromatic rings. The molecule has 0 spiro atoms. The van der Waals surface area contributed by atoms with Crippen LogP contribution in [0, 0.1) is 0 Å². The SMILES string of the molecule is c1ccc(C(OCCN2CCN(CC3CO3)CC2)c2ccccc2)cc1. The second-order valence-corrected chi connectivity index (χ2v) is 7.17. The van der Waals surface area contributed by atoms with Crippen molar-refractivity contribution < 1.29 is 9.47 Å². The van der Waals surface area contributed by atoms with E-state index in [9.17, 15) is 0 Å². The van der Waals surface area contributed by atoms with Gasteiger partial charge in [-0.1, -0.05) is 60.7 Å². The summed E-state index contributed by atoms with van der Waals surface area (Å²) < 4.78 is 11.7. The second kappa shape index (κ2) is 8.78. The smallest absolute Gasteiger partial charge is 0.108 e. The van der Waals surface area contributed by atoms with Crippen molar-refractivity contribution in [3.05, 3.63) is 71.8 Å². The van der Waals surface area contributed by atoms with Crippen LogP contribution >= 0.6 is 0 Å². The van der Waals surface area contributed by atoms with Gasteiger partial charge in [0.2, 0.25) is 0 Å². The van der Waals surface area contributed by atoms with Gasteiger partial charge in [0, 0.05) is 39.3 Å². The highest BCUT2D eigenvalue weighted by Gasteiger charge is 2.27. The first kappa shape index (κ1) is 17.7. The standard InChI is InChI=1S/C22H28N2O2/c1-3-7-19(8-4-1)22(20-9-5-2-6-10-20)25-16-15-23-11-13-24(14-12-23)17-21-18-26-21/h1-10,21-22H,11-18H2. The van der Waals surface area contributed by atoms with Crippen LogP contribution in [-0.4, -0.2) is 68.4 Å². The Bertz CT molecular complexity index is 613. The number of hydrogen-bond acceptors (Lipinski definition) is 4. The van der Waals surface area contributed by atoms with Crippen molar-refractivity contribution in [2.24, 2.45) is 0 Å². The lowest BCUT2D eigenvalue weighted by Crippen LogP contribution is -2.48. The zero-order valence-electron chi connectivity index (χ0n) is 15.3. The van der Waals surface area contributed by atoms with Crippen LogP contribution in [0.4, 0.5) is 0 Å². The van der Waals surface area contributed by atoms with E-state index in [1.54, 1.807) is 0 Å². The van der Waals surface area contributed by atoms with Gasteiger partial charge in [0.15, 0.2) is 0 Å². The van der Waals surface area contributed by atoms with Gasteiger partial charge in [0.05, 0.1) is 19.3 Å². The molecule has 4 rings (SSSR count). The average molecular weight is 352 g/mol. The van der Waals surface area contributed by atoms with Crippen molar-refractivity contribution in [2.75, 3.05) is 52.5 Å². The summed E-state index contributed by atoms with van der Waals surface area (Å²) in [7, 11) is 0. The molecule has 2 saturated heterocycles. The molecule has 1 unspecified atom stereocenters. The molecule has 26 heavy (non-hydrogen) atoms.